The van der Waals surface area contributed by atoms with Gasteiger partial charge in [-0.2, -0.15) is 0 Å². The molecule has 1 saturated heterocycles. The molecule has 0 saturated carbocycles. The van der Waals surface area contributed by atoms with Gasteiger partial charge in [-0.05, 0) is 0 Å². The van der Waals surface area contributed by atoms with E-state index in [2.05, 4.69) is 54.8 Å². The summed E-state index contributed by atoms with van der Waals surface area (Å²) in [6.45, 7) is 6.66. The van der Waals surface area contributed by atoms with Crippen molar-refractivity contribution in [3.8, 4) is 0 Å². The maximum absolute atomic E-state index is 11.2. The van der Waals surface area contributed by atoms with Crippen LogP contribution in [0.5, 0.6) is 0 Å². The number of aromatic nitrogens is 2. The predicted molar refractivity (Wildman–Crippen MR) is 142 cm³/mol. The first-order chi connectivity index (χ1) is 17.5. The molecule has 204 valence electrons. The van der Waals surface area contributed by atoms with Crippen molar-refractivity contribution in [3.05, 3.63) is 45.9 Å². The van der Waals surface area contributed by atoms with Crippen LogP contribution in [-0.2, 0) is 33.3 Å². The third-order valence-electron chi connectivity index (χ3n) is 6.47. The second kappa shape index (κ2) is 11.8. The normalized spacial score (nSPS) is 21.4. The van der Waals surface area contributed by atoms with E-state index < -0.39 is 26.0 Å². The molecule has 0 amide bonds. The van der Waals surface area contributed by atoms with Gasteiger partial charge in [0.25, 0.3) is 0 Å². The molecular weight excluding hydrogens is 650 g/mol. The average Bonchev–Trinajstić information content (AvgIpc) is 3.56. The van der Waals surface area contributed by atoms with Gasteiger partial charge >= 0.3 is 232 Å². The van der Waals surface area contributed by atoms with E-state index in [1.807, 2.05) is 18.2 Å². The molecule has 2 atom stereocenters. The van der Waals surface area contributed by atoms with Gasteiger partial charge in [0.05, 0.1) is 0 Å². The van der Waals surface area contributed by atoms with E-state index in [-0.39, 0.29) is 59.0 Å². The standard InChI is InChI=1S/C23H32N4O6S2Se2/c1-3-24-18-10-16-36-22(18)26(12-6-14-34(28,29)30)20(24)8-5-9-21-25(4-2)19-11-17-37-23(19)27(21)13-7-15-35(31,32)33/h5,8-11,16-18,22H,3-4,6-7,12-15H2,1-2H3,(H-,28,29,30,31,32,33)/p-1. The zero-order valence-electron chi connectivity index (χ0n) is 20.7. The van der Waals surface area contributed by atoms with Crippen molar-refractivity contribution >= 4 is 65.7 Å². The van der Waals surface area contributed by atoms with E-state index in [0.717, 1.165) is 30.3 Å². The second-order valence-corrected chi connectivity index (χ2v) is 15.9. The van der Waals surface area contributed by atoms with Crippen molar-refractivity contribution in [2.24, 2.45) is 0 Å². The first kappa shape index (κ1) is 28.6. The monoisotopic (exact) mass is 683 g/mol. The Bertz CT molecular complexity index is 1430. The second-order valence-electron chi connectivity index (χ2n) is 8.80. The topological polar surface area (TPSA) is 130 Å². The van der Waals surface area contributed by atoms with E-state index in [1.165, 1.54) is 4.39 Å². The van der Waals surface area contributed by atoms with Crippen molar-refractivity contribution in [3.63, 3.8) is 0 Å². The van der Waals surface area contributed by atoms with Crippen LogP contribution in [0, 0.1) is 0 Å². The van der Waals surface area contributed by atoms with E-state index >= 15 is 0 Å². The van der Waals surface area contributed by atoms with Crippen LogP contribution in [0.2, 0.25) is 0 Å². The van der Waals surface area contributed by atoms with Gasteiger partial charge in [0.15, 0.2) is 0 Å². The van der Waals surface area contributed by atoms with Crippen LogP contribution >= 0.6 is 0 Å². The van der Waals surface area contributed by atoms with Crippen LogP contribution in [0.4, 0.5) is 0 Å². The number of nitrogens with zero attached hydrogens (tertiary/aromatic N) is 4. The van der Waals surface area contributed by atoms with Crippen LogP contribution in [0.15, 0.2) is 40.0 Å². The molecule has 10 nitrogen and oxygen atoms in total. The molecule has 14 heteroatoms. The maximum atomic E-state index is 11.2. The summed E-state index contributed by atoms with van der Waals surface area (Å²) in [5.41, 5.74) is 1.12. The van der Waals surface area contributed by atoms with Gasteiger partial charge in [0.2, 0.25) is 0 Å². The summed E-state index contributed by atoms with van der Waals surface area (Å²) in [5, 5.41) is 0. The van der Waals surface area contributed by atoms with Gasteiger partial charge in [-0.3, -0.25) is 0 Å². The number of imidazole rings is 1. The first-order valence-electron chi connectivity index (χ1n) is 12.1. The molecule has 4 heterocycles. The molecule has 4 rings (SSSR count). The van der Waals surface area contributed by atoms with Crippen molar-refractivity contribution in [2.45, 2.75) is 50.8 Å². The molecule has 2 aliphatic heterocycles. The Balaban J connectivity index is 1.64. The number of fused-ring (bicyclic) bond motifs is 2. The van der Waals surface area contributed by atoms with Gasteiger partial charge < -0.3 is 0 Å². The summed E-state index contributed by atoms with van der Waals surface area (Å²) in [4.78, 5) is 9.18. The number of hydrogen-bond donors (Lipinski definition) is 0. The van der Waals surface area contributed by atoms with Crippen molar-refractivity contribution < 1.29 is 30.5 Å². The summed E-state index contributed by atoms with van der Waals surface area (Å²) in [6, 6.07) is 2.34. The van der Waals surface area contributed by atoms with Crippen LogP contribution in [0.3, 0.4) is 0 Å². The Kier molecular flexibility index (Phi) is 9.13. The van der Waals surface area contributed by atoms with Crippen molar-refractivity contribution in [1.82, 2.24) is 14.4 Å². The molecule has 0 spiro atoms. The fourth-order valence-electron chi connectivity index (χ4n) is 4.99. The Morgan fingerprint density at radius 3 is 2.46 bits per heavy atom. The van der Waals surface area contributed by atoms with Gasteiger partial charge in [0, 0.05) is 0 Å². The number of allylic oxidation sites excluding steroid dienone is 2. The van der Waals surface area contributed by atoms with Gasteiger partial charge in [0.1, 0.15) is 0 Å². The van der Waals surface area contributed by atoms with Gasteiger partial charge in [-0.25, -0.2) is 0 Å². The number of rotatable bonds is 12. The van der Waals surface area contributed by atoms with E-state index in [1.54, 1.807) is 0 Å². The van der Waals surface area contributed by atoms with Gasteiger partial charge in [-0.15, -0.1) is 0 Å². The van der Waals surface area contributed by atoms with E-state index in [0.29, 0.717) is 13.1 Å². The quantitative estimate of drug-likeness (QED) is 0.178. The van der Waals surface area contributed by atoms with Crippen LogP contribution in [0.1, 0.15) is 32.5 Å². The van der Waals surface area contributed by atoms with E-state index in [4.69, 9.17) is 0 Å². The molecule has 2 aromatic rings. The summed E-state index contributed by atoms with van der Waals surface area (Å²) in [6.07, 6.45) is 8.81. The first-order valence-corrected chi connectivity index (χ1v) is 19.1. The zero-order valence-corrected chi connectivity index (χ0v) is 25.8. The number of aryl methyl sites for hydroxylation is 2. The molecule has 1 fully saturated rings. The number of hydrogen-bond acceptors (Lipinski definition) is 8. The van der Waals surface area contributed by atoms with Crippen LogP contribution in [0.25, 0.3) is 16.0 Å². The predicted octanol–water partition coefficient (Wildman–Crippen LogP) is 0.295. The molecule has 2 aromatic heterocycles. The fraction of sp³-hybridized carbons (Fsp3) is 0.522. The Morgan fingerprint density at radius 2 is 1.78 bits per heavy atom. The zero-order chi connectivity index (χ0) is 26.8. The van der Waals surface area contributed by atoms with Gasteiger partial charge in [-0.1, -0.05) is 0 Å². The minimum atomic E-state index is -4.27. The molecule has 2 unspecified atom stereocenters. The SMILES string of the molecule is CCN1C(=CC=Cc2n(CC)c3cc[se]c3[n+]2CCCS(=O)(=O)[O-])N(CCCS(=O)(=O)[O-])C2[Se]C=CC21. The third-order valence-corrected chi connectivity index (χ3v) is 12.4. The Labute approximate surface area is 230 Å². The Morgan fingerprint density at radius 1 is 1.05 bits per heavy atom. The number of likely N-dealkylation sites (N-methyl/N-ethyl adjacent to an activating group) is 1. The molecule has 0 N–H and O–H groups in total. The summed E-state index contributed by atoms with van der Waals surface area (Å²) in [7, 11) is -8.53. The van der Waals surface area contributed by atoms with Crippen LogP contribution < -0.4 is 4.57 Å². The summed E-state index contributed by atoms with van der Waals surface area (Å²) < 4.78 is 72.5. The van der Waals surface area contributed by atoms with E-state index in [9.17, 15) is 25.9 Å². The third kappa shape index (κ3) is 6.62. The molecule has 0 bridgehead atoms. The minimum absolute atomic E-state index is 0.141. The average molecular weight is 682 g/mol. The Hall–Kier alpha value is -1.37. The fourth-order valence-corrected chi connectivity index (χ4v) is 10.4. The summed E-state index contributed by atoms with van der Waals surface area (Å²) in [5.74, 6) is 1.20. The van der Waals surface area contributed by atoms with Crippen molar-refractivity contribution in [2.75, 3.05) is 24.6 Å². The van der Waals surface area contributed by atoms with Crippen LogP contribution in [-0.4, -0.2) is 105 Å². The molecule has 2 aliphatic rings. The molecule has 0 aliphatic carbocycles. The summed E-state index contributed by atoms with van der Waals surface area (Å²) >= 11 is 0.396. The molecule has 0 aromatic carbocycles. The molecular formula is C23H31N4O6S2Se2-. The van der Waals surface area contributed by atoms with Crippen molar-refractivity contribution in [1.29, 1.82) is 0 Å². The molecule has 0 radical (unpaired) electrons. The molecule has 37 heavy (non-hydrogen) atoms.